The van der Waals surface area contributed by atoms with E-state index in [9.17, 15) is 9.18 Å². The summed E-state index contributed by atoms with van der Waals surface area (Å²) < 4.78 is 12.8. The SMILES string of the molecule is O=C(CN1CCCC(CF)C1)N1CCc2ccccc21. The van der Waals surface area contributed by atoms with Gasteiger partial charge >= 0.3 is 0 Å². The lowest BCUT2D eigenvalue weighted by Crippen LogP contribution is -2.44. The van der Waals surface area contributed by atoms with Gasteiger partial charge in [-0.3, -0.25) is 14.1 Å². The average molecular weight is 276 g/mol. The van der Waals surface area contributed by atoms with Gasteiger partial charge in [0.1, 0.15) is 0 Å². The van der Waals surface area contributed by atoms with Crippen LogP contribution < -0.4 is 4.90 Å². The number of fused-ring (bicyclic) bond motifs is 1. The van der Waals surface area contributed by atoms with Crippen molar-refractivity contribution in [1.29, 1.82) is 0 Å². The summed E-state index contributed by atoms with van der Waals surface area (Å²) >= 11 is 0. The Kier molecular flexibility index (Phi) is 4.01. The molecule has 0 aliphatic carbocycles. The molecule has 1 fully saturated rings. The molecule has 0 aromatic heterocycles. The summed E-state index contributed by atoms with van der Waals surface area (Å²) in [6.45, 7) is 2.57. The molecule has 1 aromatic rings. The highest BCUT2D eigenvalue weighted by Gasteiger charge is 2.27. The van der Waals surface area contributed by atoms with Crippen LogP contribution in [-0.2, 0) is 11.2 Å². The summed E-state index contributed by atoms with van der Waals surface area (Å²) in [6, 6.07) is 8.09. The summed E-state index contributed by atoms with van der Waals surface area (Å²) in [5.41, 5.74) is 2.30. The molecule has 1 amide bonds. The maximum absolute atomic E-state index is 12.8. The molecule has 108 valence electrons. The molecule has 1 atom stereocenters. The highest BCUT2D eigenvalue weighted by Crippen LogP contribution is 2.27. The van der Waals surface area contributed by atoms with Gasteiger partial charge in [-0.25, -0.2) is 0 Å². The van der Waals surface area contributed by atoms with Crippen molar-refractivity contribution >= 4 is 11.6 Å². The van der Waals surface area contributed by atoms with Crippen molar-refractivity contribution in [2.75, 3.05) is 37.8 Å². The van der Waals surface area contributed by atoms with Crippen molar-refractivity contribution in [3.8, 4) is 0 Å². The topological polar surface area (TPSA) is 23.6 Å². The third kappa shape index (κ3) is 2.70. The monoisotopic (exact) mass is 276 g/mol. The molecule has 20 heavy (non-hydrogen) atoms. The van der Waals surface area contributed by atoms with Gasteiger partial charge in [-0.2, -0.15) is 0 Å². The lowest BCUT2D eigenvalue weighted by molar-refractivity contribution is -0.120. The third-order valence-electron chi connectivity index (χ3n) is 4.37. The predicted octanol–water partition coefficient (Wildman–Crippen LogP) is 2.26. The fraction of sp³-hybridized carbons (Fsp3) is 0.562. The Morgan fingerprint density at radius 2 is 2.15 bits per heavy atom. The van der Waals surface area contributed by atoms with E-state index in [-0.39, 0.29) is 18.5 Å². The normalized spacial score (nSPS) is 22.9. The summed E-state index contributed by atoms with van der Waals surface area (Å²) in [4.78, 5) is 16.5. The molecule has 0 bridgehead atoms. The molecule has 3 rings (SSSR count). The minimum absolute atomic E-state index is 0.113. The fourth-order valence-corrected chi connectivity index (χ4v) is 3.29. The highest BCUT2D eigenvalue weighted by atomic mass is 19.1. The van der Waals surface area contributed by atoms with Gasteiger partial charge in [0.2, 0.25) is 5.91 Å². The Bertz CT molecular complexity index is 491. The molecule has 1 unspecified atom stereocenters. The van der Waals surface area contributed by atoms with Gasteiger partial charge in [0, 0.05) is 24.7 Å². The molecule has 2 aliphatic heterocycles. The standard InChI is InChI=1S/C16H21FN2O/c17-10-13-4-3-8-18(11-13)12-16(20)19-9-7-14-5-1-2-6-15(14)19/h1-2,5-6,13H,3-4,7-12H2. The van der Waals surface area contributed by atoms with Gasteiger partial charge in [0.15, 0.2) is 0 Å². The van der Waals surface area contributed by atoms with Gasteiger partial charge in [-0.15, -0.1) is 0 Å². The summed E-state index contributed by atoms with van der Waals surface area (Å²) in [5.74, 6) is 0.261. The molecule has 0 saturated carbocycles. The van der Waals surface area contributed by atoms with E-state index in [1.165, 1.54) is 5.56 Å². The van der Waals surface area contributed by atoms with E-state index >= 15 is 0 Å². The third-order valence-corrected chi connectivity index (χ3v) is 4.37. The number of hydrogen-bond acceptors (Lipinski definition) is 2. The fourth-order valence-electron chi connectivity index (χ4n) is 3.29. The number of piperidine rings is 1. The van der Waals surface area contributed by atoms with Crippen molar-refractivity contribution in [3.05, 3.63) is 29.8 Å². The van der Waals surface area contributed by atoms with Crippen molar-refractivity contribution < 1.29 is 9.18 Å². The zero-order valence-electron chi connectivity index (χ0n) is 11.7. The predicted molar refractivity (Wildman–Crippen MR) is 77.6 cm³/mol. The van der Waals surface area contributed by atoms with Crippen LogP contribution in [0, 0.1) is 5.92 Å². The Labute approximate surface area is 119 Å². The molecule has 0 radical (unpaired) electrons. The Morgan fingerprint density at radius 3 is 3.00 bits per heavy atom. The molecule has 0 spiro atoms. The lowest BCUT2D eigenvalue weighted by atomic mass is 9.99. The van der Waals surface area contributed by atoms with E-state index in [0.29, 0.717) is 6.54 Å². The van der Waals surface area contributed by atoms with Crippen LogP contribution in [0.2, 0.25) is 0 Å². The van der Waals surface area contributed by atoms with E-state index in [1.807, 2.05) is 23.1 Å². The first-order chi connectivity index (χ1) is 9.78. The molecule has 1 aromatic carbocycles. The van der Waals surface area contributed by atoms with Crippen LogP contribution in [0.1, 0.15) is 18.4 Å². The number of alkyl halides is 1. The number of carbonyl (C=O) groups excluding carboxylic acids is 1. The van der Waals surface area contributed by atoms with Crippen molar-refractivity contribution in [2.24, 2.45) is 5.92 Å². The number of para-hydroxylation sites is 1. The molecular weight excluding hydrogens is 255 g/mol. The number of carbonyl (C=O) groups is 1. The Balaban J connectivity index is 1.63. The number of hydrogen-bond donors (Lipinski definition) is 0. The largest absolute Gasteiger partial charge is 0.311 e. The van der Waals surface area contributed by atoms with Crippen LogP contribution in [0.25, 0.3) is 0 Å². The smallest absolute Gasteiger partial charge is 0.241 e. The quantitative estimate of drug-likeness (QED) is 0.845. The molecule has 1 saturated heterocycles. The number of anilines is 1. The van der Waals surface area contributed by atoms with E-state index in [0.717, 1.165) is 44.6 Å². The number of benzene rings is 1. The summed E-state index contributed by atoms with van der Waals surface area (Å²) in [7, 11) is 0. The lowest BCUT2D eigenvalue weighted by Gasteiger charge is -2.32. The Hall–Kier alpha value is -1.42. The van der Waals surface area contributed by atoms with E-state index in [2.05, 4.69) is 11.0 Å². The van der Waals surface area contributed by atoms with Crippen molar-refractivity contribution in [1.82, 2.24) is 4.90 Å². The zero-order chi connectivity index (χ0) is 13.9. The number of amides is 1. The average Bonchev–Trinajstić information content (AvgIpc) is 2.91. The van der Waals surface area contributed by atoms with Crippen LogP contribution in [-0.4, -0.2) is 43.7 Å². The van der Waals surface area contributed by atoms with Gasteiger partial charge in [0.05, 0.1) is 13.2 Å². The second kappa shape index (κ2) is 5.92. The summed E-state index contributed by atoms with van der Waals surface area (Å²) in [5, 5.41) is 0. The van der Waals surface area contributed by atoms with E-state index < -0.39 is 0 Å². The first kappa shape index (κ1) is 13.6. The Morgan fingerprint density at radius 1 is 1.30 bits per heavy atom. The first-order valence-electron chi connectivity index (χ1n) is 7.44. The number of nitrogens with zero attached hydrogens (tertiary/aromatic N) is 2. The highest BCUT2D eigenvalue weighted by molar-refractivity contribution is 5.96. The molecule has 2 heterocycles. The minimum atomic E-state index is -0.267. The second-order valence-corrected chi connectivity index (χ2v) is 5.82. The van der Waals surface area contributed by atoms with E-state index in [4.69, 9.17) is 0 Å². The molecule has 2 aliphatic rings. The number of likely N-dealkylation sites (tertiary alicyclic amines) is 1. The molecular formula is C16H21FN2O. The molecule has 0 N–H and O–H groups in total. The van der Waals surface area contributed by atoms with E-state index in [1.54, 1.807) is 0 Å². The van der Waals surface area contributed by atoms with Gasteiger partial charge < -0.3 is 4.90 Å². The van der Waals surface area contributed by atoms with Crippen LogP contribution in [0.5, 0.6) is 0 Å². The second-order valence-electron chi connectivity index (χ2n) is 5.82. The van der Waals surface area contributed by atoms with Gasteiger partial charge in [0.25, 0.3) is 0 Å². The number of rotatable bonds is 3. The van der Waals surface area contributed by atoms with Gasteiger partial charge in [-0.1, -0.05) is 18.2 Å². The van der Waals surface area contributed by atoms with Crippen molar-refractivity contribution in [3.63, 3.8) is 0 Å². The van der Waals surface area contributed by atoms with Crippen LogP contribution in [0.15, 0.2) is 24.3 Å². The zero-order valence-corrected chi connectivity index (χ0v) is 11.7. The van der Waals surface area contributed by atoms with Crippen LogP contribution in [0.4, 0.5) is 10.1 Å². The van der Waals surface area contributed by atoms with Crippen LogP contribution in [0.3, 0.4) is 0 Å². The number of halogens is 1. The van der Waals surface area contributed by atoms with Gasteiger partial charge in [-0.05, 0) is 37.4 Å². The maximum Gasteiger partial charge on any atom is 0.241 e. The minimum Gasteiger partial charge on any atom is -0.311 e. The maximum atomic E-state index is 12.8. The van der Waals surface area contributed by atoms with Crippen LogP contribution >= 0.6 is 0 Å². The van der Waals surface area contributed by atoms with Crippen molar-refractivity contribution in [2.45, 2.75) is 19.3 Å². The molecule has 3 nitrogen and oxygen atoms in total. The summed E-state index contributed by atoms with van der Waals surface area (Å²) in [6.07, 6.45) is 2.89. The molecule has 4 heteroatoms. The first-order valence-corrected chi connectivity index (χ1v) is 7.44.